The first-order valence-electron chi connectivity index (χ1n) is 9.67. The molecule has 1 aromatic carbocycles. The first-order chi connectivity index (χ1) is 11.7. The first kappa shape index (κ1) is 16.5. The van der Waals surface area contributed by atoms with Gasteiger partial charge in [0.1, 0.15) is 5.82 Å². The van der Waals surface area contributed by atoms with E-state index in [0.717, 1.165) is 51.6 Å². The number of hydrogen-bond donors (Lipinski definition) is 2. The average Bonchev–Trinajstić information content (AvgIpc) is 2.98. The van der Waals surface area contributed by atoms with Gasteiger partial charge in [0, 0.05) is 31.2 Å². The van der Waals surface area contributed by atoms with Crippen molar-refractivity contribution < 1.29 is 9.50 Å². The first-order valence-corrected chi connectivity index (χ1v) is 9.67. The number of fused-ring (bicyclic) bond motifs is 1. The summed E-state index contributed by atoms with van der Waals surface area (Å²) in [6.45, 7) is 2.14. The van der Waals surface area contributed by atoms with Crippen LogP contribution in [0.3, 0.4) is 0 Å². The summed E-state index contributed by atoms with van der Waals surface area (Å²) < 4.78 is 13.5. The number of aliphatic hydroxyl groups excluding tert-OH is 1. The van der Waals surface area contributed by atoms with Crippen LogP contribution in [0, 0.1) is 5.82 Å². The molecule has 3 aliphatic rings. The number of piperidine rings is 1. The summed E-state index contributed by atoms with van der Waals surface area (Å²) in [6, 6.07) is 6.44. The van der Waals surface area contributed by atoms with Crippen molar-refractivity contribution >= 4 is 0 Å². The number of nitrogens with one attached hydrogen (secondary N) is 1. The Bertz CT molecular complexity index is 571. The Morgan fingerprint density at radius 1 is 1.04 bits per heavy atom. The Morgan fingerprint density at radius 2 is 1.83 bits per heavy atom. The van der Waals surface area contributed by atoms with Gasteiger partial charge in [0.25, 0.3) is 0 Å². The fourth-order valence-electron chi connectivity index (χ4n) is 4.95. The average molecular weight is 332 g/mol. The largest absolute Gasteiger partial charge is 0.391 e. The quantitative estimate of drug-likeness (QED) is 0.892. The minimum Gasteiger partial charge on any atom is -0.391 e. The molecular formula is C20H29FN2O. The summed E-state index contributed by atoms with van der Waals surface area (Å²) in [6.07, 6.45) is 8.81. The molecule has 2 fully saturated rings. The number of halogens is 1. The van der Waals surface area contributed by atoms with Crippen LogP contribution in [0.4, 0.5) is 4.39 Å². The second-order valence-corrected chi connectivity index (χ2v) is 7.83. The standard InChI is InChI=1S/C20H29FN2O/c21-15-7-5-14-6-8-18(17(14)13-15)22-16-9-11-23(12-10-16)19-3-1-2-4-20(19)24/h5,7,13,16,18-20,22,24H,1-4,6,8-12H2/t18-,19+,20+/m0/s1. The van der Waals surface area contributed by atoms with Gasteiger partial charge >= 0.3 is 0 Å². The van der Waals surface area contributed by atoms with Crippen molar-refractivity contribution in [2.24, 2.45) is 0 Å². The molecule has 0 amide bonds. The van der Waals surface area contributed by atoms with E-state index in [2.05, 4.69) is 10.2 Å². The maximum Gasteiger partial charge on any atom is 0.123 e. The van der Waals surface area contributed by atoms with E-state index >= 15 is 0 Å². The lowest BCUT2D eigenvalue weighted by atomic mass is 9.89. The van der Waals surface area contributed by atoms with Gasteiger partial charge in [0.05, 0.1) is 6.10 Å². The van der Waals surface area contributed by atoms with Gasteiger partial charge in [-0.05, 0) is 61.8 Å². The van der Waals surface area contributed by atoms with Gasteiger partial charge in [-0.15, -0.1) is 0 Å². The van der Waals surface area contributed by atoms with Crippen LogP contribution in [-0.2, 0) is 6.42 Å². The molecule has 0 unspecified atom stereocenters. The van der Waals surface area contributed by atoms with Gasteiger partial charge in [0.15, 0.2) is 0 Å². The summed E-state index contributed by atoms with van der Waals surface area (Å²) in [5.41, 5.74) is 2.47. The number of hydrogen-bond acceptors (Lipinski definition) is 3. The lowest BCUT2D eigenvalue weighted by Gasteiger charge is -2.42. The third kappa shape index (κ3) is 3.37. The smallest absolute Gasteiger partial charge is 0.123 e. The zero-order valence-corrected chi connectivity index (χ0v) is 14.4. The molecule has 1 aliphatic heterocycles. The normalized spacial score (nSPS) is 32.0. The highest BCUT2D eigenvalue weighted by Crippen LogP contribution is 2.33. The van der Waals surface area contributed by atoms with Gasteiger partial charge < -0.3 is 10.4 Å². The molecule has 3 nitrogen and oxygen atoms in total. The van der Waals surface area contributed by atoms with Crippen molar-refractivity contribution in [3.63, 3.8) is 0 Å². The van der Waals surface area contributed by atoms with Crippen molar-refractivity contribution in [3.8, 4) is 0 Å². The van der Waals surface area contributed by atoms with Gasteiger partial charge in [-0.25, -0.2) is 4.39 Å². The van der Waals surface area contributed by atoms with E-state index in [1.54, 1.807) is 12.1 Å². The van der Waals surface area contributed by atoms with Crippen LogP contribution in [0.2, 0.25) is 0 Å². The summed E-state index contributed by atoms with van der Waals surface area (Å²) in [5.74, 6) is -0.122. The zero-order chi connectivity index (χ0) is 16.5. The van der Waals surface area contributed by atoms with Crippen LogP contribution < -0.4 is 5.32 Å². The van der Waals surface area contributed by atoms with Crippen LogP contribution in [0.5, 0.6) is 0 Å². The minimum absolute atomic E-state index is 0.122. The van der Waals surface area contributed by atoms with Crippen molar-refractivity contribution in [3.05, 3.63) is 35.1 Å². The number of benzene rings is 1. The predicted octanol–water partition coefficient (Wildman–Crippen LogP) is 3.17. The van der Waals surface area contributed by atoms with E-state index in [9.17, 15) is 9.50 Å². The molecule has 0 bridgehead atoms. The summed E-state index contributed by atoms with van der Waals surface area (Å²) in [5, 5.41) is 14.0. The Hall–Kier alpha value is -0.970. The third-order valence-electron chi connectivity index (χ3n) is 6.32. The van der Waals surface area contributed by atoms with E-state index in [4.69, 9.17) is 0 Å². The molecule has 132 valence electrons. The Balaban J connectivity index is 1.32. The number of rotatable bonds is 3. The van der Waals surface area contributed by atoms with Crippen molar-refractivity contribution in [2.75, 3.05) is 13.1 Å². The summed E-state index contributed by atoms with van der Waals surface area (Å²) in [7, 11) is 0. The number of aryl methyl sites for hydroxylation is 1. The van der Waals surface area contributed by atoms with Gasteiger partial charge in [-0.2, -0.15) is 0 Å². The molecule has 0 radical (unpaired) electrons. The van der Waals surface area contributed by atoms with Crippen LogP contribution in [0.25, 0.3) is 0 Å². The lowest BCUT2D eigenvalue weighted by molar-refractivity contribution is 0.00660. The second kappa shape index (κ2) is 7.11. The van der Waals surface area contributed by atoms with Gasteiger partial charge in [-0.1, -0.05) is 18.9 Å². The molecule has 0 spiro atoms. The molecule has 2 aliphatic carbocycles. The highest BCUT2D eigenvalue weighted by Gasteiger charge is 2.32. The number of likely N-dealkylation sites (tertiary alicyclic amines) is 1. The van der Waals surface area contributed by atoms with E-state index in [1.807, 2.05) is 6.07 Å². The summed E-state index contributed by atoms with van der Waals surface area (Å²) in [4.78, 5) is 2.50. The van der Waals surface area contributed by atoms with Crippen molar-refractivity contribution in [1.82, 2.24) is 10.2 Å². The Kier molecular flexibility index (Phi) is 4.88. The fourth-order valence-corrected chi connectivity index (χ4v) is 4.95. The summed E-state index contributed by atoms with van der Waals surface area (Å²) >= 11 is 0. The third-order valence-corrected chi connectivity index (χ3v) is 6.32. The molecule has 24 heavy (non-hydrogen) atoms. The van der Waals surface area contributed by atoms with Crippen LogP contribution in [0.1, 0.15) is 62.1 Å². The monoisotopic (exact) mass is 332 g/mol. The molecule has 1 aromatic rings. The van der Waals surface area contributed by atoms with Gasteiger partial charge in [-0.3, -0.25) is 4.90 Å². The predicted molar refractivity (Wildman–Crippen MR) is 93.5 cm³/mol. The zero-order valence-electron chi connectivity index (χ0n) is 14.4. The lowest BCUT2D eigenvalue weighted by Crippen LogP contribution is -2.51. The van der Waals surface area contributed by atoms with Crippen molar-refractivity contribution in [2.45, 2.75) is 75.6 Å². The van der Waals surface area contributed by atoms with E-state index < -0.39 is 0 Å². The van der Waals surface area contributed by atoms with Crippen LogP contribution in [-0.4, -0.2) is 41.3 Å². The number of aliphatic hydroxyl groups is 1. The highest BCUT2D eigenvalue weighted by molar-refractivity contribution is 5.35. The molecular weight excluding hydrogens is 303 g/mol. The van der Waals surface area contributed by atoms with E-state index in [-0.39, 0.29) is 11.9 Å². The molecule has 1 saturated carbocycles. The fraction of sp³-hybridized carbons (Fsp3) is 0.700. The maximum atomic E-state index is 13.5. The topological polar surface area (TPSA) is 35.5 Å². The highest BCUT2D eigenvalue weighted by atomic mass is 19.1. The minimum atomic E-state index is -0.132. The van der Waals surface area contributed by atoms with Crippen molar-refractivity contribution in [1.29, 1.82) is 0 Å². The molecule has 1 heterocycles. The SMILES string of the molecule is O[C@@H]1CCCC[C@H]1N1CCC(N[C@H]2CCc3ccc(F)cc32)CC1. The molecule has 2 N–H and O–H groups in total. The van der Waals surface area contributed by atoms with E-state index in [0.29, 0.717) is 18.1 Å². The Morgan fingerprint density at radius 3 is 2.62 bits per heavy atom. The van der Waals surface area contributed by atoms with Crippen LogP contribution in [0.15, 0.2) is 18.2 Å². The molecule has 4 rings (SSSR count). The Labute approximate surface area is 144 Å². The molecule has 3 atom stereocenters. The molecule has 1 saturated heterocycles. The molecule has 0 aromatic heterocycles. The van der Waals surface area contributed by atoms with E-state index in [1.165, 1.54) is 24.0 Å². The van der Waals surface area contributed by atoms with Gasteiger partial charge in [0.2, 0.25) is 0 Å². The van der Waals surface area contributed by atoms with Crippen LogP contribution >= 0.6 is 0 Å². The molecule has 4 heteroatoms. The maximum absolute atomic E-state index is 13.5. The number of nitrogens with zero attached hydrogens (tertiary/aromatic N) is 1. The second-order valence-electron chi connectivity index (χ2n) is 7.83.